The van der Waals surface area contributed by atoms with Gasteiger partial charge in [-0.25, -0.2) is 0 Å². The molecule has 0 aromatic heterocycles. The average molecular weight is 987 g/mol. The molecule has 2 N–H and O–H groups in total. The molecule has 0 spiro atoms. The summed E-state index contributed by atoms with van der Waals surface area (Å²) in [5, 5.41) is 6.46. The van der Waals surface area contributed by atoms with Crippen molar-refractivity contribution in [3.05, 3.63) is 203 Å². The van der Waals surface area contributed by atoms with Gasteiger partial charge in [-0.15, -0.1) is 0 Å². The van der Waals surface area contributed by atoms with Gasteiger partial charge in [0, 0.05) is 73.6 Å². The highest BCUT2D eigenvalue weighted by Gasteiger charge is 2.52. The van der Waals surface area contributed by atoms with Gasteiger partial charge in [0.15, 0.2) is 0 Å². The lowest BCUT2D eigenvalue weighted by molar-refractivity contribution is -0.139. The van der Waals surface area contributed by atoms with Crippen LogP contribution in [0, 0.1) is 23.7 Å². The maximum Gasteiger partial charge on any atom is 0.251 e. The summed E-state index contributed by atoms with van der Waals surface area (Å²) in [6, 6.07) is 57.5. The van der Waals surface area contributed by atoms with Crippen LogP contribution in [0.5, 0.6) is 0 Å². The molecule has 12 rings (SSSR count). The van der Waals surface area contributed by atoms with E-state index in [1.807, 2.05) is 60.7 Å². The Morgan fingerprint density at radius 2 is 0.730 bits per heavy atom. The predicted octanol–water partition coefficient (Wildman–Crippen LogP) is 11.5. The molecular weight excluding hydrogens is 917 g/mol. The van der Waals surface area contributed by atoms with E-state index in [1.165, 1.54) is 33.6 Å². The Labute approximate surface area is 437 Å². The fraction of sp³-hybridized carbons (Fsp3) is 0.375. The van der Waals surface area contributed by atoms with E-state index in [2.05, 4.69) is 154 Å². The number of hydrogen-bond acceptors (Lipinski definition) is 6. The Hall–Kier alpha value is -7.20. The van der Waals surface area contributed by atoms with Gasteiger partial charge in [0.1, 0.15) is 0 Å². The number of likely N-dealkylation sites (tertiary alicyclic amines) is 2. The molecule has 0 bridgehead atoms. The Kier molecular flexibility index (Phi) is 14.4. The fourth-order valence-electron chi connectivity index (χ4n) is 14.1. The summed E-state index contributed by atoms with van der Waals surface area (Å²) < 4.78 is 0. The van der Waals surface area contributed by atoms with Crippen molar-refractivity contribution in [1.82, 2.24) is 20.4 Å². The lowest BCUT2D eigenvalue weighted by Gasteiger charge is -2.46. The first-order valence-electron chi connectivity index (χ1n) is 27.3. The standard InChI is InChI=1S/2C32H35N3O2/c2*1-34-28-19-11-9-17-25(28)30-26(29(34)22-12-4-2-5-13-22)20-21-35(30)32(37)24-16-8-10-18-27(24)33-31(36)23-14-6-3-7-15-23/h2*2-7,9,11-15,17,19,24,26-27,29-30H,8,10,16,18,20-21H2,1H3,(H,33,36)/t24-,26+,27+,29-,30-;24-,26-,27+,29+,30+/m00/s1. The van der Waals surface area contributed by atoms with Crippen molar-refractivity contribution in [1.29, 1.82) is 0 Å². The topological polar surface area (TPSA) is 105 Å². The van der Waals surface area contributed by atoms with Gasteiger partial charge in [-0.2, -0.15) is 0 Å². The van der Waals surface area contributed by atoms with Crippen LogP contribution in [0.3, 0.4) is 0 Å². The van der Waals surface area contributed by atoms with Crippen LogP contribution in [0.2, 0.25) is 0 Å². The molecule has 2 aliphatic carbocycles. The second-order valence-corrected chi connectivity index (χ2v) is 21.6. The van der Waals surface area contributed by atoms with Gasteiger partial charge >= 0.3 is 0 Å². The summed E-state index contributed by atoms with van der Waals surface area (Å²) in [5.74, 6) is 0.536. The number of fused-ring (bicyclic) bond motifs is 6. The van der Waals surface area contributed by atoms with Crippen LogP contribution in [0.4, 0.5) is 11.4 Å². The van der Waals surface area contributed by atoms with Gasteiger partial charge in [-0.1, -0.05) is 159 Å². The number of hydrogen-bond donors (Lipinski definition) is 2. The molecule has 2 saturated carbocycles. The molecule has 380 valence electrons. The minimum absolute atomic E-state index is 0.0532. The summed E-state index contributed by atoms with van der Waals surface area (Å²) in [4.78, 5) is 63.7. The molecule has 4 amide bonds. The molecule has 74 heavy (non-hydrogen) atoms. The first-order chi connectivity index (χ1) is 36.3. The van der Waals surface area contributed by atoms with Gasteiger partial charge < -0.3 is 30.2 Å². The predicted molar refractivity (Wildman–Crippen MR) is 292 cm³/mol. The van der Waals surface area contributed by atoms with Crippen molar-refractivity contribution in [2.75, 3.05) is 37.0 Å². The van der Waals surface area contributed by atoms with Crippen molar-refractivity contribution < 1.29 is 19.2 Å². The summed E-state index contributed by atoms with van der Waals surface area (Å²) in [6.07, 6.45) is 9.45. The Bertz CT molecular complexity index is 2720. The number of rotatable bonds is 8. The quantitative estimate of drug-likeness (QED) is 0.157. The number of carbonyl (C=O) groups excluding carboxylic acids is 4. The lowest BCUT2D eigenvalue weighted by atomic mass is 9.78. The lowest BCUT2D eigenvalue weighted by Crippen LogP contribution is -2.50. The molecule has 6 aromatic rings. The molecule has 0 radical (unpaired) electrons. The summed E-state index contributed by atoms with van der Waals surface area (Å²) in [7, 11) is 4.38. The Balaban J connectivity index is 0.000000159. The molecule has 6 aromatic carbocycles. The van der Waals surface area contributed by atoms with Crippen molar-refractivity contribution in [2.24, 2.45) is 23.7 Å². The van der Waals surface area contributed by atoms with Gasteiger partial charge in [0.05, 0.1) is 36.0 Å². The van der Waals surface area contributed by atoms with Gasteiger partial charge in [-0.05, 0) is 97.2 Å². The SMILES string of the molecule is CN1c2ccccc2[C@@H]2[C@@H](CCN2C(=O)[C@H]2CCCC[C@H]2NC(=O)c2ccccc2)[C@H]1c1ccccc1.CN1c2ccccc2[C@H]2[C@H](CCN2C(=O)[C@H]2CCCC[C@H]2NC(=O)c2ccccc2)[C@@H]1c1ccccc1. The third-order valence-corrected chi connectivity index (χ3v) is 17.5. The first-order valence-corrected chi connectivity index (χ1v) is 27.3. The number of para-hydroxylation sites is 2. The maximum atomic E-state index is 14.3. The van der Waals surface area contributed by atoms with Crippen LogP contribution in [-0.2, 0) is 9.59 Å². The molecule has 2 saturated heterocycles. The Morgan fingerprint density at radius 3 is 1.12 bits per heavy atom. The third-order valence-electron chi connectivity index (χ3n) is 17.5. The zero-order valence-electron chi connectivity index (χ0n) is 42.8. The highest BCUT2D eigenvalue weighted by atomic mass is 16.2. The zero-order chi connectivity index (χ0) is 50.7. The molecule has 4 heterocycles. The van der Waals surface area contributed by atoms with Crippen LogP contribution in [0.25, 0.3) is 0 Å². The summed E-state index contributed by atoms with van der Waals surface area (Å²) in [5.41, 5.74) is 8.79. The molecular formula is C64H70N6O4. The van der Waals surface area contributed by atoms with E-state index in [9.17, 15) is 19.2 Å². The summed E-state index contributed by atoms with van der Waals surface area (Å²) in [6.45, 7) is 1.52. The normalized spacial score (nSPS) is 26.8. The largest absolute Gasteiger partial charge is 0.367 e. The number of carbonyl (C=O) groups is 4. The van der Waals surface area contributed by atoms with Crippen LogP contribution in [0.15, 0.2) is 170 Å². The smallest absolute Gasteiger partial charge is 0.251 e. The van der Waals surface area contributed by atoms with E-state index in [0.29, 0.717) is 23.0 Å². The number of benzene rings is 6. The van der Waals surface area contributed by atoms with Crippen molar-refractivity contribution >= 4 is 35.0 Å². The van der Waals surface area contributed by atoms with E-state index >= 15 is 0 Å². The van der Waals surface area contributed by atoms with E-state index in [1.54, 1.807) is 0 Å². The minimum atomic E-state index is -0.179. The average Bonchev–Trinajstić information content (AvgIpc) is 4.10. The summed E-state index contributed by atoms with van der Waals surface area (Å²) >= 11 is 0. The minimum Gasteiger partial charge on any atom is -0.367 e. The molecule has 10 atom stereocenters. The van der Waals surface area contributed by atoms with E-state index in [-0.39, 0.29) is 71.7 Å². The molecule has 6 aliphatic rings. The van der Waals surface area contributed by atoms with E-state index in [4.69, 9.17) is 0 Å². The van der Waals surface area contributed by atoms with Gasteiger partial charge in [0.2, 0.25) is 11.8 Å². The van der Waals surface area contributed by atoms with E-state index < -0.39 is 0 Å². The molecule has 10 heteroatoms. The molecule has 0 unspecified atom stereocenters. The zero-order valence-corrected chi connectivity index (χ0v) is 42.8. The molecule has 4 fully saturated rings. The van der Waals surface area contributed by atoms with Gasteiger partial charge in [0.25, 0.3) is 11.8 Å². The van der Waals surface area contributed by atoms with Crippen molar-refractivity contribution in [3.8, 4) is 0 Å². The van der Waals surface area contributed by atoms with Crippen molar-refractivity contribution in [2.45, 2.75) is 100 Å². The number of nitrogens with one attached hydrogen (secondary N) is 2. The fourth-order valence-corrected chi connectivity index (χ4v) is 14.1. The molecule has 4 aliphatic heterocycles. The Morgan fingerprint density at radius 1 is 0.392 bits per heavy atom. The molecule has 10 nitrogen and oxygen atoms in total. The third kappa shape index (κ3) is 9.48. The second-order valence-electron chi connectivity index (χ2n) is 21.6. The van der Waals surface area contributed by atoms with Gasteiger partial charge in [-0.3, -0.25) is 19.2 Å². The highest BCUT2D eigenvalue weighted by molar-refractivity contribution is 5.95. The number of nitrogens with zero attached hydrogens (tertiary/aromatic N) is 4. The first kappa shape index (κ1) is 49.0. The van der Waals surface area contributed by atoms with Crippen LogP contribution < -0.4 is 20.4 Å². The van der Waals surface area contributed by atoms with E-state index in [0.717, 1.165) is 77.3 Å². The number of anilines is 2. The second kappa shape index (κ2) is 21.7. The van der Waals surface area contributed by atoms with Crippen LogP contribution >= 0.6 is 0 Å². The van der Waals surface area contributed by atoms with Crippen LogP contribution in [0.1, 0.15) is 131 Å². The maximum absolute atomic E-state index is 14.3. The highest BCUT2D eigenvalue weighted by Crippen LogP contribution is 2.56. The monoisotopic (exact) mass is 987 g/mol. The van der Waals surface area contributed by atoms with Crippen LogP contribution in [-0.4, -0.2) is 72.7 Å². The van der Waals surface area contributed by atoms with Crippen molar-refractivity contribution in [3.63, 3.8) is 0 Å². The number of amides is 4.